The zero-order valence-electron chi connectivity index (χ0n) is 10.6. The van der Waals surface area contributed by atoms with Crippen LogP contribution in [0.3, 0.4) is 0 Å². The van der Waals surface area contributed by atoms with E-state index in [9.17, 15) is 4.79 Å². The number of aromatic carboxylic acids is 1. The summed E-state index contributed by atoms with van der Waals surface area (Å²) in [5.74, 6) is -0.260. The molecule has 2 N–H and O–H groups in total. The molecule has 0 fully saturated rings. The number of carboxylic acid groups (broad SMARTS) is 1. The van der Waals surface area contributed by atoms with Crippen LogP contribution in [0.4, 0.5) is 5.82 Å². The molecule has 0 saturated heterocycles. The first kappa shape index (κ1) is 11.8. The second-order valence-electron chi connectivity index (χ2n) is 4.53. The Hall–Kier alpha value is -2.31. The van der Waals surface area contributed by atoms with Crippen molar-refractivity contribution in [1.82, 2.24) is 19.6 Å². The van der Waals surface area contributed by atoms with Gasteiger partial charge in [-0.2, -0.15) is 10.2 Å². The van der Waals surface area contributed by atoms with E-state index < -0.39 is 5.97 Å². The first-order valence-corrected chi connectivity index (χ1v) is 6.28. The molecule has 3 heterocycles. The molecule has 1 unspecified atom stereocenters. The van der Waals surface area contributed by atoms with Crippen LogP contribution in [0.2, 0.25) is 0 Å². The van der Waals surface area contributed by atoms with Crippen molar-refractivity contribution in [3.05, 3.63) is 29.7 Å². The van der Waals surface area contributed by atoms with Gasteiger partial charge in [-0.1, -0.05) is 0 Å². The number of hydrogen-bond donors (Lipinski definition) is 2. The normalized spacial score (nSPS) is 17.8. The van der Waals surface area contributed by atoms with E-state index in [0.717, 1.165) is 30.9 Å². The number of fused-ring (bicyclic) bond motifs is 1. The van der Waals surface area contributed by atoms with E-state index in [1.807, 2.05) is 24.0 Å². The highest BCUT2D eigenvalue weighted by atomic mass is 16.4. The Morgan fingerprint density at radius 3 is 3.16 bits per heavy atom. The highest BCUT2D eigenvalue weighted by Gasteiger charge is 2.25. The van der Waals surface area contributed by atoms with Gasteiger partial charge in [-0.3, -0.25) is 4.68 Å². The topological polar surface area (TPSA) is 85.0 Å². The number of rotatable bonds is 3. The fraction of sp³-hybridized carbons (Fsp3) is 0.417. The lowest BCUT2D eigenvalue weighted by atomic mass is 10.1. The molecule has 7 nitrogen and oxygen atoms in total. The summed E-state index contributed by atoms with van der Waals surface area (Å²) in [5, 5.41) is 20.6. The van der Waals surface area contributed by atoms with E-state index in [-0.39, 0.29) is 11.7 Å². The smallest absolute Gasteiger partial charge is 0.356 e. The molecule has 3 rings (SSSR count). The number of hydrogen-bond acceptors (Lipinski definition) is 4. The van der Waals surface area contributed by atoms with Crippen LogP contribution >= 0.6 is 0 Å². The largest absolute Gasteiger partial charge is 0.476 e. The lowest BCUT2D eigenvalue weighted by Crippen LogP contribution is -2.24. The molecule has 0 saturated carbocycles. The van der Waals surface area contributed by atoms with Gasteiger partial charge in [-0.05, 0) is 13.3 Å². The summed E-state index contributed by atoms with van der Waals surface area (Å²) in [4.78, 5) is 11.0. The average Bonchev–Trinajstić information content (AvgIpc) is 3.04. The molecule has 1 aliphatic heterocycles. The fourth-order valence-electron chi connectivity index (χ4n) is 2.36. The number of aromatic nitrogens is 4. The van der Waals surface area contributed by atoms with Gasteiger partial charge in [0, 0.05) is 30.9 Å². The highest BCUT2D eigenvalue weighted by molar-refractivity contribution is 5.86. The Morgan fingerprint density at radius 2 is 2.47 bits per heavy atom. The summed E-state index contributed by atoms with van der Waals surface area (Å²) in [5.41, 5.74) is 1.13. The van der Waals surface area contributed by atoms with Crippen LogP contribution in [0, 0.1) is 0 Å². The van der Waals surface area contributed by atoms with Crippen molar-refractivity contribution in [2.24, 2.45) is 0 Å². The van der Waals surface area contributed by atoms with Gasteiger partial charge in [0.1, 0.15) is 5.82 Å². The van der Waals surface area contributed by atoms with Gasteiger partial charge < -0.3 is 10.4 Å². The number of carboxylic acids is 1. The summed E-state index contributed by atoms with van der Waals surface area (Å²) >= 11 is 0. The van der Waals surface area contributed by atoms with Crippen LogP contribution in [-0.2, 0) is 6.54 Å². The summed E-state index contributed by atoms with van der Waals surface area (Å²) in [6.07, 6.45) is 4.68. The number of nitrogens with one attached hydrogen (secondary N) is 1. The third-order valence-electron chi connectivity index (χ3n) is 3.34. The molecule has 0 radical (unpaired) electrons. The fourth-order valence-corrected chi connectivity index (χ4v) is 2.36. The van der Waals surface area contributed by atoms with Gasteiger partial charge in [0.05, 0.1) is 12.2 Å². The molecular weight excluding hydrogens is 246 g/mol. The van der Waals surface area contributed by atoms with E-state index >= 15 is 0 Å². The molecule has 19 heavy (non-hydrogen) atoms. The van der Waals surface area contributed by atoms with Crippen molar-refractivity contribution in [1.29, 1.82) is 0 Å². The molecule has 0 aliphatic carbocycles. The van der Waals surface area contributed by atoms with Crippen LogP contribution in [0.5, 0.6) is 0 Å². The van der Waals surface area contributed by atoms with Crippen molar-refractivity contribution in [2.45, 2.75) is 25.9 Å². The molecule has 1 atom stereocenters. The van der Waals surface area contributed by atoms with Crippen molar-refractivity contribution >= 4 is 11.8 Å². The first-order valence-electron chi connectivity index (χ1n) is 6.28. The van der Waals surface area contributed by atoms with Crippen LogP contribution in [0.15, 0.2) is 18.5 Å². The van der Waals surface area contributed by atoms with E-state index in [4.69, 9.17) is 5.11 Å². The van der Waals surface area contributed by atoms with Crippen LogP contribution < -0.4 is 5.32 Å². The Labute approximate surface area is 109 Å². The SMILES string of the molecule is CCn1cc(C2CCNc3cc(C(=O)O)nn32)cn1. The van der Waals surface area contributed by atoms with E-state index in [0.29, 0.717) is 0 Å². The molecule has 0 aromatic carbocycles. The van der Waals surface area contributed by atoms with E-state index in [2.05, 4.69) is 15.5 Å². The maximum Gasteiger partial charge on any atom is 0.356 e. The summed E-state index contributed by atoms with van der Waals surface area (Å²) in [6.45, 7) is 3.64. The Bertz CT molecular complexity index is 615. The quantitative estimate of drug-likeness (QED) is 0.867. The maximum absolute atomic E-state index is 11.0. The molecule has 0 spiro atoms. The van der Waals surface area contributed by atoms with Crippen molar-refractivity contribution in [2.75, 3.05) is 11.9 Å². The van der Waals surface area contributed by atoms with Crippen LogP contribution in [-0.4, -0.2) is 37.2 Å². The van der Waals surface area contributed by atoms with E-state index in [1.54, 1.807) is 10.7 Å². The second kappa shape index (κ2) is 4.42. The minimum atomic E-state index is -1.01. The van der Waals surface area contributed by atoms with Gasteiger partial charge in [0.25, 0.3) is 0 Å². The molecule has 1 aliphatic rings. The summed E-state index contributed by atoms with van der Waals surface area (Å²) < 4.78 is 3.60. The van der Waals surface area contributed by atoms with Gasteiger partial charge in [-0.15, -0.1) is 0 Å². The standard InChI is InChI=1S/C12H15N5O2/c1-2-16-7-8(6-14-16)10-3-4-13-11-5-9(12(18)19)15-17(10)11/h5-7,10,13H,2-4H2,1H3,(H,18,19). The van der Waals surface area contributed by atoms with Crippen molar-refractivity contribution < 1.29 is 9.90 Å². The second-order valence-corrected chi connectivity index (χ2v) is 4.53. The summed E-state index contributed by atoms with van der Waals surface area (Å²) in [7, 11) is 0. The van der Waals surface area contributed by atoms with Gasteiger partial charge in [-0.25, -0.2) is 9.48 Å². The Kier molecular flexibility index (Phi) is 2.73. The van der Waals surface area contributed by atoms with E-state index in [1.165, 1.54) is 0 Å². The summed E-state index contributed by atoms with van der Waals surface area (Å²) in [6, 6.07) is 1.61. The predicted octanol–water partition coefficient (Wildman–Crippen LogP) is 1.20. The minimum absolute atomic E-state index is 0.0460. The molecule has 7 heteroatoms. The minimum Gasteiger partial charge on any atom is -0.476 e. The van der Waals surface area contributed by atoms with Crippen LogP contribution in [0.1, 0.15) is 35.4 Å². The zero-order chi connectivity index (χ0) is 13.4. The lowest BCUT2D eigenvalue weighted by molar-refractivity contribution is 0.0689. The maximum atomic E-state index is 11.0. The monoisotopic (exact) mass is 261 g/mol. The lowest BCUT2D eigenvalue weighted by Gasteiger charge is -2.24. The Balaban J connectivity index is 1.99. The van der Waals surface area contributed by atoms with Crippen molar-refractivity contribution in [3.8, 4) is 0 Å². The average molecular weight is 261 g/mol. The zero-order valence-corrected chi connectivity index (χ0v) is 10.6. The molecule has 2 aromatic heterocycles. The first-order chi connectivity index (χ1) is 9.19. The molecule has 0 amide bonds. The van der Waals surface area contributed by atoms with Gasteiger partial charge in [0.15, 0.2) is 5.69 Å². The van der Waals surface area contributed by atoms with Gasteiger partial charge in [0.2, 0.25) is 0 Å². The predicted molar refractivity (Wildman–Crippen MR) is 68.3 cm³/mol. The number of anilines is 1. The molecule has 0 bridgehead atoms. The number of carbonyl (C=O) groups is 1. The number of aryl methyl sites for hydroxylation is 1. The third kappa shape index (κ3) is 1.96. The Morgan fingerprint density at radius 1 is 1.63 bits per heavy atom. The van der Waals surface area contributed by atoms with Crippen molar-refractivity contribution in [3.63, 3.8) is 0 Å². The van der Waals surface area contributed by atoms with Gasteiger partial charge >= 0.3 is 5.97 Å². The highest BCUT2D eigenvalue weighted by Crippen LogP contribution is 2.29. The molecule has 100 valence electrons. The molecule has 2 aromatic rings. The molecular formula is C12H15N5O2. The number of nitrogens with zero attached hydrogens (tertiary/aromatic N) is 4. The van der Waals surface area contributed by atoms with Crippen LogP contribution in [0.25, 0.3) is 0 Å². The third-order valence-corrected chi connectivity index (χ3v) is 3.34.